The topological polar surface area (TPSA) is 15.3 Å². The summed E-state index contributed by atoms with van der Waals surface area (Å²) in [4.78, 5) is 3.37. The first-order valence-corrected chi connectivity index (χ1v) is 7.57. The molecule has 0 amide bonds. The van der Waals surface area contributed by atoms with Crippen molar-refractivity contribution >= 4 is 28.6 Å². The minimum absolute atomic E-state index is 0.211. The van der Waals surface area contributed by atoms with E-state index in [0.717, 1.165) is 10.9 Å². The molecular weight excluding hydrogens is 276 g/mol. The van der Waals surface area contributed by atoms with E-state index >= 15 is 0 Å². The molecule has 2 aromatic rings. The minimum Gasteiger partial charge on any atom is -0.378 e. The first kappa shape index (κ1) is 14.4. The first-order valence-electron chi connectivity index (χ1n) is 6.37. The largest absolute Gasteiger partial charge is 0.378 e. The number of nitrogens with one attached hydrogen (secondary N) is 1. The van der Waals surface area contributed by atoms with Crippen molar-refractivity contribution in [1.29, 1.82) is 0 Å². The Bertz CT molecular complexity index is 536. The van der Waals surface area contributed by atoms with Gasteiger partial charge >= 0.3 is 0 Å². The summed E-state index contributed by atoms with van der Waals surface area (Å²) in [7, 11) is 4.12. The van der Waals surface area contributed by atoms with Crippen LogP contribution >= 0.6 is 22.9 Å². The Morgan fingerprint density at radius 3 is 2.63 bits per heavy atom. The van der Waals surface area contributed by atoms with Gasteiger partial charge in [-0.05, 0) is 36.4 Å². The molecule has 1 aromatic carbocycles. The lowest BCUT2D eigenvalue weighted by Crippen LogP contribution is -2.21. The summed E-state index contributed by atoms with van der Waals surface area (Å²) < 4.78 is 0.835. The molecule has 0 bridgehead atoms. The molecule has 0 aliphatic rings. The van der Waals surface area contributed by atoms with Gasteiger partial charge in [0.05, 0.1) is 10.4 Å². The number of hydrogen-bond acceptors (Lipinski definition) is 3. The van der Waals surface area contributed by atoms with Gasteiger partial charge in [-0.2, -0.15) is 0 Å². The zero-order chi connectivity index (χ0) is 13.8. The third-order valence-corrected chi connectivity index (χ3v) is 4.30. The van der Waals surface area contributed by atoms with Gasteiger partial charge in [0.15, 0.2) is 0 Å². The van der Waals surface area contributed by atoms with Crippen LogP contribution in [0.4, 0.5) is 5.69 Å². The van der Waals surface area contributed by atoms with Crippen molar-refractivity contribution in [2.24, 2.45) is 0 Å². The number of thiophene rings is 1. The first-order chi connectivity index (χ1) is 9.11. The average Bonchev–Trinajstić information content (AvgIpc) is 2.82. The zero-order valence-corrected chi connectivity index (χ0v) is 13.1. The van der Waals surface area contributed by atoms with E-state index in [9.17, 15) is 0 Å². The van der Waals surface area contributed by atoms with E-state index in [-0.39, 0.29) is 6.04 Å². The van der Waals surface area contributed by atoms with E-state index in [1.807, 2.05) is 6.07 Å². The van der Waals surface area contributed by atoms with E-state index in [0.29, 0.717) is 0 Å². The van der Waals surface area contributed by atoms with E-state index in [1.165, 1.54) is 16.1 Å². The van der Waals surface area contributed by atoms with Gasteiger partial charge in [0.25, 0.3) is 0 Å². The average molecular weight is 295 g/mol. The van der Waals surface area contributed by atoms with Crippen LogP contribution in [-0.4, -0.2) is 20.6 Å². The Morgan fingerprint density at radius 2 is 2.05 bits per heavy atom. The van der Waals surface area contributed by atoms with Gasteiger partial charge in [-0.25, -0.2) is 0 Å². The number of nitrogens with zero attached hydrogens (tertiary/aromatic N) is 1. The second-order valence-corrected chi connectivity index (χ2v) is 6.37. The van der Waals surface area contributed by atoms with Crippen LogP contribution in [0, 0.1) is 0 Å². The zero-order valence-electron chi connectivity index (χ0n) is 11.5. The van der Waals surface area contributed by atoms with Crippen LogP contribution in [0.15, 0.2) is 36.4 Å². The van der Waals surface area contributed by atoms with Gasteiger partial charge in [-0.3, -0.25) is 0 Å². The molecule has 102 valence electrons. The summed E-state index contributed by atoms with van der Waals surface area (Å²) in [6.07, 6.45) is 0. The summed E-state index contributed by atoms with van der Waals surface area (Å²) in [5.74, 6) is 0. The monoisotopic (exact) mass is 294 g/mol. The quantitative estimate of drug-likeness (QED) is 0.890. The van der Waals surface area contributed by atoms with E-state index in [4.69, 9.17) is 11.6 Å². The maximum absolute atomic E-state index is 6.06. The van der Waals surface area contributed by atoms with E-state index in [1.54, 1.807) is 11.3 Å². The van der Waals surface area contributed by atoms with Crippen molar-refractivity contribution in [3.8, 4) is 0 Å². The highest BCUT2D eigenvalue weighted by molar-refractivity contribution is 7.16. The van der Waals surface area contributed by atoms with Gasteiger partial charge in [-0.15, -0.1) is 11.3 Å². The fraction of sp³-hybridized carbons (Fsp3) is 0.333. The summed E-state index contributed by atoms with van der Waals surface area (Å²) in [5, 5.41) is 3.53. The maximum Gasteiger partial charge on any atom is 0.0931 e. The number of benzene rings is 1. The Kier molecular flexibility index (Phi) is 4.86. The van der Waals surface area contributed by atoms with Crippen molar-refractivity contribution in [1.82, 2.24) is 5.32 Å². The van der Waals surface area contributed by atoms with Gasteiger partial charge in [0, 0.05) is 24.7 Å². The lowest BCUT2D eigenvalue weighted by atomic mass is 10.0. The van der Waals surface area contributed by atoms with Crippen LogP contribution in [0.25, 0.3) is 0 Å². The molecule has 0 spiro atoms. The predicted octanol–water partition coefficient (Wildman–Crippen LogP) is 4.17. The van der Waals surface area contributed by atoms with Crippen LogP contribution in [0.2, 0.25) is 4.34 Å². The van der Waals surface area contributed by atoms with Crippen LogP contribution < -0.4 is 10.2 Å². The van der Waals surface area contributed by atoms with Crippen molar-refractivity contribution in [2.75, 3.05) is 25.5 Å². The van der Waals surface area contributed by atoms with Crippen LogP contribution in [0.3, 0.4) is 0 Å². The normalized spacial score (nSPS) is 12.4. The molecule has 0 radical (unpaired) electrons. The molecule has 0 saturated heterocycles. The van der Waals surface area contributed by atoms with Crippen molar-refractivity contribution in [3.05, 3.63) is 51.2 Å². The fourth-order valence-electron chi connectivity index (χ4n) is 2.05. The molecule has 1 N–H and O–H groups in total. The van der Waals surface area contributed by atoms with Crippen molar-refractivity contribution < 1.29 is 0 Å². The van der Waals surface area contributed by atoms with Gasteiger partial charge in [0.1, 0.15) is 0 Å². The molecule has 1 heterocycles. The third kappa shape index (κ3) is 3.50. The lowest BCUT2D eigenvalue weighted by molar-refractivity contribution is 0.639. The highest BCUT2D eigenvalue weighted by atomic mass is 35.5. The number of rotatable bonds is 5. The maximum atomic E-state index is 6.06. The molecule has 1 atom stereocenters. The second-order valence-electron chi connectivity index (χ2n) is 4.62. The predicted molar refractivity (Wildman–Crippen MR) is 85.6 cm³/mol. The Balaban J connectivity index is 2.36. The highest BCUT2D eigenvalue weighted by Crippen LogP contribution is 2.32. The molecule has 1 aromatic heterocycles. The molecule has 4 heteroatoms. The molecule has 1 unspecified atom stereocenters. The summed E-state index contributed by atoms with van der Waals surface area (Å²) in [5.41, 5.74) is 2.48. The SMILES string of the molecule is CCNC(c1cccc(N(C)C)c1)c1ccc(Cl)s1. The number of hydrogen-bond donors (Lipinski definition) is 1. The van der Waals surface area contributed by atoms with E-state index < -0.39 is 0 Å². The highest BCUT2D eigenvalue weighted by Gasteiger charge is 2.15. The molecule has 0 aliphatic heterocycles. The molecule has 19 heavy (non-hydrogen) atoms. The van der Waals surface area contributed by atoms with Gasteiger partial charge < -0.3 is 10.2 Å². The minimum atomic E-state index is 0.211. The van der Waals surface area contributed by atoms with E-state index in [2.05, 4.69) is 61.6 Å². The van der Waals surface area contributed by atoms with Crippen molar-refractivity contribution in [3.63, 3.8) is 0 Å². The molecule has 2 rings (SSSR count). The lowest BCUT2D eigenvalue weighted by Gasteiger charge is -2.20. The standard InChI is InChI=1S/C15H19ClN2S/c1-4-17-15(13-8-9-14(16)19-13)11-6-5-7-12(10-11)18(2)3/h5-10,15,17H,4H2,1-3H3. The Labute approximate surface area is 124 Å². The molecule has 0 saturated carbocycles. The Hall–Kier alpha value is -1.03. The summed E-state index contributed by atoms with van der Waals surface area (Å²) in [6.45, 7) is 3.05. The summed E-state index contributed by atoms with van der Waals surface area (Å²) in [6, 6.07) is 12.9. The number of anilines is 1. The van der Waals surface area contributed by atoms with Crippen molar-refractivity contribution in [2.45, 2.75) is 13.0 Å². The van der Waals surface area contributed by atoms with Crippen LogP contribution in [-0.2, 0) is 0 Å². The smallest absolute Gasteiger partial charge is 0.0931 e. The third-order valence-electron chi connectivity index (χ3n) is 3.01. The molecular formula is C15H19ClN2S. The fourth-order valence-corrected chi connectivity index (χ4v) is 3.22. The van der Waals surface area contributed by atoms with Crippen LogP contribution in [0.5, 0.6) is 0 Å². The van der Waals surface area contributed by atoms with Crippen LogP contribution in [0.1, 0.15) is 23.4 Å². The molecule has 0 aliphatic carbocycles. The molecule has 0 fully saturated rings. The summed E-state index contributed by atoms with van der Waals surface area (Å²) >= 11 is 7.69. The Morgan fingerprint density at radius 1 is 1.26 bits per heavy atom. The van der Waals surface area contributed by atoms with Gasteiger partial charge in [0.2, 0.25) is 0 Å². The van der Waals surface area contributed by atoms with Gasteiger partial charge in [-0.1, -0.05) is 30.7 Å². The second kappa shape index (κ2) is 6.42. The molecule has 2 nitrogen and oxygen atoms in total. The number of halogens is 1.